The van der Waals surface area contributed by atoms with Crippen molar-refractivity contribution in [3.05, 3.63) is 88.7 Å². The molecule has 0 fully saturated rings. The summed E-state index contributed by atoms with van der Waals surface area (Å²) in [5, 5.41) is 13.0. The van der Waals surface area contributed by atoms with Crippen LogP contribution in [0.4, 0.5) is 0 Å². The van der Waals surface area contributed by atoms with Crippen LogP contribution in [0.3, 0.4) is 0 Å². The summed E-state index contributed by atoms with van der Waals surface area (Å²) in [6.07, 6.45) is 3.02. The zero-order valence-electron chi connectivity index (χ0n) is 15.4. The number of benzene rings is 2. The number of hydrogen-bond donors (Lipinski definition) is 1. The van der Waals surface area contributed by atoms with Crippen molar-refractivity contribution in [2.45, 2.75) is 26.8 Å². The molecular weight excluding hydrogens is 516 g/mol. The minimum atomic E-state index is -0.125. The molecule has 1 atom stereocenters. The number of carbonyl (C=O) groups is 1. The van der Waals surface area contributed by atoms with Crippen LogP contribution in [0, 0.1) is 6.07 Å². The summed E-state index contributed by atoms with van der Waals surface area (Å²) in [5.74, 6) is -0.0625. The van der Waals surface area contributed by atoms with Crippen LogP contribution in [0.15, 0.2) is 71.2 Å². The molecule has 1 aliphatic carbocycles. The molecule has 1 unspecified atom stereocenters. The number of nitrogens with zero attached hydrogens (tertiary/aromatic N) is 2. The number of hydrogen-bond acceptors (Lipinski definition) is 3. The van der Waals surface area contributed by atoms with Crippen molar-refractivity contribution in [2.24, 2.45) is 4.99 Å². The van der Waals surface area contributed by atoms with Crippen molar-refractivity contribution < 1.29 is 30.0 Å². The zero-order chi connectivity index (χ0) is 18.7. The van der Waals surface area contributed by atoms with Gasteiger partial charge in [0.1, 0.15) is 0 Å². The van der Waals surface area contributed by atoms with E-state index in [-0.39, 0.29) is 37.7 Å². The third-order valence-corrected chi connectivity index (χ3v) is 4.03. The molecule has 1 radical (unpaired) electrons. The van der Waals surface area contributed by atoms with E-state index in [1.54, 1.807) is 0 Å². The molecular formula is C22H20IrN2O2-2. The first-order valence-electron chi connectivity index (χ1n) is 8.41. The quantitative estimate of drug-likeness (QED) is 0.306. The van der Waals surface area contributed by atoms with Crippen molar-refractivity contribution >= 4 is 11.5 Å². The number of fused-ring (bicyclic) bond motifs is 6. The maximum absolute atomic E-state index is 10.0. The smallest absolute Gasteiger partial charge is 0.155 e. The minimum Gasteiger partial charge on any atom is -0.680 e. The topological polar surface area (TPSA) is 63.8 Å². The van der Waals surface area contributed by atoms with Gasteiger partial charge in [-0.3, -0.25) is 9.79 Å². The first kappa shape index (κ1) is 20.8. The van der Waals surface area contributed by atoms with Gasteiger partial charge in [-0.2, -0.15) is 36.0 Å². The molecule has 2 aromatic rings. The van der Waals surface area contributed by atoms with Crippen LogP contribution in [0.1, 0.15) is 37.9 Å². The number of aliphatic hydroxyl groups excluding tert-OH is 1. The zero-order valence-corrected chi connectivity index (χ0v) is 17.8. The third kappa shape index (κ3) is 4.62. The first-order valence-corrected chi connectivity index (χ1v) is 8.41. The molecule has 1 heterocycles. The molecule has 0 aromatic heterocycles. The van der Waals surface area contributed by atoms with Crippen LogP contribution in [0.5, 0.6) is 0 Å². The molecule has 0 saturated carbocycles. The predicted octanol–water partition coefficient (Wildman–Crippen LogP) is 5.28. The molecule has 141 valence electrons. The average Bonchev–Trinajstić information content (AvgIpc) is 2.61. The number of aliphatic hydroxyl groups is 1. The van der Waals surface area contributed by atoms with Gasteiger partial charge in [0.25, 0.3) is 0 Å². The monoisotopic (exact) mass is 537 g/mol. The van der Waals surface area contributed by atoms with Crippen molar-refractivity contribution in [1.29, 1.82) is 0 Å². The van der Waals surface area contributed by atoms with Gasteiger partial charge in [0, 0.05) is 37.6 Å². The fraction of sp³-hybridized carbons (Fsp3) is 0.182. The Morgan fingerprint density at radius 3 is 2.44 bits per heavy atom. The fourth-order valence-electron chi connectivity index (χ4n) is 3.10. The van der Waals surface area contributed by atoms with E-state index in [2.05, 4.69) is 41.7 Å². The standard InChI is InChI=1S/C17H12N2.C5H8O2.Ir/c1-11-10-18-16-14-8-4-2-6-12(14)13-7-3-5-9-15(13)17(16)19-11;1-4(6)3-5(2)7;/h2-7,9-10,16H,1H3;3,6H,1-2H3;/q-2;;/b;4-3-;. The van der Waals surface area contributed by atoms with Crippen LogP contribution in [0.2, 0.25) is 0 Å². The van der Waals surface area contributed by atoms with E-state index in [0.717, 1.165) is 17.0 Å². The SMILES string of the molecule is CC(=O)/C=C(/C)O.CC1=C[N-]C2C(=N1)c1ccccc1-c1ccc[c-]c12.[Ir]. The summed E-state index contributed by atoms with van der Waals surface area (Å²) < 4.78 is 0. The molecule has 0 spiro atoms. The second-order valence-electron chi connectivity index (χ2n) is 6.26. The van der Waals surface area contributed by atoms with E-state index >= 15 is 0 Å². The van der Waals surface area contributed by atoms with Crippen molar-refractivity contribution in [3.8, 4) is 11.1 Å². The molecule has 0 saturated heterocycles. The van der Waals surface area contributed by atoms with Crippen LogP contribution < -0.4 is 0 Å². The number of carbonyl (C=O) groups excluding carboxylic acids is 1. The largest absolute Gasteiger partial charge is 0.680 e. The molecule has 5 heteroatoms. The maximum atomic E-state index is 10.0. The second kappa shape index (κ2) is 8.94. The number of rotatable bonds is 1. The average molecular weight is 537 g/mol. The molecule has 0 bridgehead atoms. The first-order chi connectivity index (χ1) is 12.5. The van der Waals surface area contributed by atoms with Gasteiger partial charge in [-0.05, 0) is 26.3 Å². The van der Waals surface area contributed by atoms with Crippen LogP contribution in [-0.4, -0.2) is 16.6 Å². The fourth-order valence-corrected chi connectivity index (χ4v) is 3.10. The molecule has 4 nitrogen and oxygen atoms in total. The molecule has 0 amide bonds. The Hall–Kier alpha value is -2.49. The number of aliphatic imine (C=N–C) groups is 1. The summed E-state index contributed by atoms with van der Waals surface area (Å²) in [6, 6.07) is 17.9. The summed E-state index contributed by atoms with van der Waals surface area (Å²) in [5.41, 5.74) is 6.78. The van der Waals surface area contributed by atoms with E-state index in [0.29, 0.717) is 0 Å². The molecule has 1 N–H and O–H groups in total. The molecule has 2 aromatic carbocycles. The summed E-state index contributed by atoms with van der Waals surface area (Å²) in [7, 11) is 0. The Bertz CT molecular complexity index is 941. The number of ketones is 1. The summed E-state index contributed by atoms with van der Waals surface area (Å²) >= 11 is 0. The molecule has 2 aliphatic rings. The van der Waals surface area contributed by atoms with Gasteiger partial charge >= 0.3 is 0 Å². The maximum Gasteiger partial charge on any atom is 0.155 e. The van der Waals surface area contributed by atoms with Crippen molar-refractivity contribution in [1.82, 2.24) is 0 Å². The van der Waals surface area contributed by atoms with Crippen LogP contribution >= 0.6 is 0 Å². The Balaban J connectivity index is 0.000000285. The van der Waals surface area contributed by atoms with Gasteiger partial charge in [-0.1, -0.05) is 35.9 Å². The van der Waals surface area contributed by atoms with Gasteiger partial charge in [0.05, 0.1) is 5.76 Å². The van der Waals surface area contributed by atoms with Gasteiger partial charge in [0.2, 0.25) is 0 Å². The normalized spacial score (nSPS) is 16.6. The van der Waals surface area contributed by atoms with Crippen LogP contribution in [0.25, 0.3) is 16.4 Å². The van der Waals surface area contributed by atoms with E-state index in [1.165, 1.54) is 36.6 Å². The van der Waals surface area contributed by atoms with Gasteiger partial charge in [-0.25, -0.2) is 0 Å². The van der Waals surface area contributed by atoms with Gasteiger partial charge in [-0.15, -0.1) is 5.56 Å². The van der Waals surface area contributed by atoms with Gasteiger partial charge < -0.3 is 10.4 Å². The minimum absolute atomic E-state index is 0. The Morgan fingerprint density at radius 1 is 1.15 bits per heavy atom. The van der Waals surface area contributed by atoms with Crippen LogP contribution in [-0.2, 0) is 24.9 Å². The molecule has 27 heavy (non-hydrogen) atoms. The van der Waals surface area contributed by atoms with Gasteiger partial charge in [0.15, 0.2) is 5.78 Å². The Labute approximate surface area is 173 Å². The van der Waals surface area contributed by atoms with E-state index in [9.17, 15) is 4.79 Å². The van der Waals surface area contributed by atoms with E-state index < -0.39 is 0 Å². The predicted molar refractivity (Wildman–Crippen MR) is 104 cm³/mol. The summed E-state index contributed by atoms with van der Waals surface area (Å²) in [6.45, 7) is 4.83. The van der Waals surface area contributed by atoms with E-state index in [4.69, 9.17) is 10.1 Å². The number of allylic oxidation sites excluding steroid dienone is 3. The molecule has 4 rings (SSSR count). The summed E-state index contributed by atoms with van der Waals surface area (Å²) in [4.78, 5) is 14.7. The Kier molecular flexibility index (Phi) is 6.89. The van der Waals surface area contributed by atoms with E-state index in [1.807, 2.05) is 25.3 Å². The second-order valence-corrected chi connectivity index (χ2v) is 6.26. The van der Waals surface area contributed by atoms with Crippen molar-refractivity contribution in [2.75, 3.05) is 0 Å². The molecule has 1 aliphatic heterocycles. The Morgan fingerprint density at radius 2 is 1.81 bits per heavy atom. The third-order valence-electron chi connectivity index (χ3n) is 4.03. The van der Waals surface area contributed by atoms with Crippen molar-refractivity contribution in [3.63, 3.8) is 0 Å².